The second-order valence-electron chi connectivity index (χ2n) is 8.97. The molecule has 0 N–H and O–H groups in total. The molecule has 3 heterocycles. The fourth-order valence-electron chi connectivity index (χ4n) is 5.10. The van der Waals surface area contributed by atoms with Gasteiger partial charge in [-0.1, -0.05) is 30.3 Å². The molecule has 5 rings (SSSR count). The number of benzene rings is 2. The number of aryl methyl sites for hydroxylation is 1. The van der Waals surface area contributed by atoms with E-state index in [1.54, 1.807) is 12.1 Å². The molecule has 174 valence electrons. The van der Waals surface area contributed by atoms with E-state index in [4.69, 9.17) is 0 Å². The summed E-state index contributed by atoms with van der Waals surface area (Å²) in [6.45, 7) is 2.79. The van der Waals surface area contributed by atoms with Crippen LogP contribution in [-0.4, -0.2) is 72.3 Å². The minimum absolute atomic E-state index is 0.0823. The molecule has 2 saturated heterocycles. The zero-order valence-electron chi connectivity index (χ0n) is 18.9. The number of fused-ring (bicyclic) bond motifs is 1. The fourth-order valence-corrected chi connectivity index (χ4v) is 6.56. The van der Waals surface area contributed by atoms with Gasteiger partial charge >= 0.3 is 0 Å². The molecule has 0 spiro atoms. The van der Waals surface area contributed by atoms with Crippen molar-refractivity contribution in [3.63, 3.8) is 0 Å². The predicted molar refractivity (Wildman–Crippen MR) is 128 cm³/mol. The van der Waals surface area contributed by atoms with Crippen molar-refractivity contribution in [1.82, 2.24) is 18.7 Å². The Morgan fingerprint density at radius 1 is 0.939 bits per heavy atom. The van der Waals surface area contributed by atoms with Gasteiger partial charge in [0.1, 0.15) is 0 Å². The molecule has 1 amide bonds. The van der Waals surface area contributed by atoms with Gasteiger partial charge in [-0.2, -0.15) is 4.31 Å². The Kier molecular flexibility index (Phi) is 5.99. The second kappa shape index (κ2) is 8.93. The zero-order valence-corrected chi connectivity index (χ0v) is 19.7. The molecule has 7 nitrogen and oxygen atoms in total. The first kappa shape index (κ1) is 22.1. The minimum Gasteiger partial charge on any atom is -0.353 e. The van der Waals surface area contributed by atoms with Crippen LogP contribution in [0.15, 0.2) is 65.7 Å². The summed E-state index contributed by atoms with van der Waals surface area (Å²) < 4.78 is 30.0. The highest BCUT2D eigenvalue weighted by Gasteiger charge is 2.33. The van der Waals surface area contributed by atoms with Gasteiger partial charge in [0.15, 0.2) is 0 Å². The average molecular weight is 467 g/mol. The summed E-state index contributed by atoms with van der Waals surface area (Å²) in [4.78, 5) is 17.4. The Morgan fingerprint density at radius 2 is 1.70 bits per heavy atom. The SMILES string of the molecule is Cn1cccc1C1CCCN1CC(=O)N1CCN(S(=O)(=O)c2ccc3ccccc3c2)CC1. The van der Waals surface area contributed by atoms with Crippen LogP contribution in [0.25, 0.3) is 10.8 Å². The summed E-state index contributed by atoms with van der Waals surface area (Å²) in [5.41, 5.74) is 1.24. The molecule has 0 aliphatic carbocycles. The minimum atomic E-state index is -3.59. The van der Waals surface area contributed by atoms with Gasteiger partial charge in [-0.25, -0.2) is 8.42 Å². The first-order valence-electron chi connectivity index (χ1n) is 11.6. The molecule has 8 heteroatoms. The Bertz CT molecular complexity index is 1260. The van der Waals surface area contributed by atoms with E-state index >= 15 is 0 Å². The van der Waals surface area contributed by atoms with Crippen molar-refractivity contribution in [2.24, 2.45) is 7.05 Å². The van der Waals surface area contributed by atoms with Crippen molar-refractivity contribution < 1.29 is 13.2 Å². The van der Waals surface area contributed by atoms with E-state index in [0.717, 1.165) is 30.2 Å². The molecule has 2 aromatic carbocycles. The van der Waals surface area contributed by atoms with Gasteiger partial charge in [0, 0.05) is 45.1 Å². The third-order valence-electron chi connectivity index (χ3n) is 6.98. The van der Waals surface area contributed by atoms with Crippen molar-refractivity contribution in [3.8, 4) is 0 Å². The van der Waals surface area contributed by atoms with Crippen LogP contribution < -0.4 is 0 Å². The van der Waals surface area contributed by atoms with Gasteiger partial charge in [-0.05, 0) is 54.4 Å². The smallest absolute Gasteiger partial charge is 0.243 e. The van der Waals surface area contributed by atoms with E-state index < -0.39 is 10.0 Å². The molecule has 2 fully saturated rings. The van der Waals surface area contributed by atoms with Gasteiger partial charge in [-0.15, -0.1) is 0 Å². The highest BCUT2D eigenvalue weighted by atomic mass is 32.2. The number of likely N-dealkylation sites (tertiary alicyclic amines) is 1. The fraction of sp³-hybridized carbons (Fsp3) is 0.400. The molecule has 0 radical (unpaired) electrons. The predicted octanol–water partition coefficient (Wildman–Crippen LogP) is 2.85. The molecule has 2 aliphatic heterocycles. The van der Waals surface area contributed by atoms with E-state index in [9.17, 15) is 13.2 Å². The molecule has 1 atom stereocenters. The average Bonchev–Trinajstić information content (AvgIpc) is 3.47. The van der Waals surface area contributed by atoms with Crippen LogP contribution in [0.1, 0.15) is 24.6 Å². The number of nitrogens with zero attached hydrogens (tertiary/aromatic N) is 4. The number of rotatable bonds is 5. The van der Waals surface area contributed by atoms with Crippen LogP contribution in [0.4, 0.5) is 0 Å². The van der Waals surface area contributed by atoms with Crippen LogP contribution in [0.3, 0.4) is 0 Å². The van der Waals surface area contributed by atoms with E-state index in [2.05, 4.69) is 15.5 Å². The van der Waals surface area contributed by atoms with Crippen LogP contribution in [0, 0.1) is 0 Å². The van der Waals surface area contributed by atoms with Gasteiger partial charge in [-0.3, -0.25) is 9.69 Å². The zero-order chi connectivity index (χ0) is 23.0. The maximum atomic E-state index is 13.2. The van der Waals surface area contributed by atoms with Gasteiger partial charge < -0.3 is 9.47 Å². The Labute approximate surface area is 195 Å². The summed E-state index contributed by atoms with van der Waals surface area (Å²) >= 11 is 0. The number of carbonyl (C=O) groups excluding carboxylic acids is 1. The van der Waals surface area contributed by atoms with Crippen molar-refractivity contribution in [3.05, 3.63) is 66.5 Å². The number of hydrogen-bond acceptors (Lipinski definition) is 4. The van der Waals surface area contributed by atoms with Crippen molar-refractivity contribution in [2.75, 3.05) is 39.3 Å². The summed E-state index contributed by atoms with van der Waals surface area (Å²) in [5, 5.41) is 1.92. The largest absolute Gasteiger partial charge is 0.353 e. The number of carbonyl (C=O) groups is 1. The Hall–Kier alpha value is -2.68. The van der Waals surface area contributed by atoms with E-state index in [0.29, 0.717) is 37.6 Å². The summed E-state index contributed by atoms with van der Waals surface area (Å²) in [6, 6.07) is 17.4. The van der Waals surface area contributed by atoms with Crippen LogP contribution in [0.2, 0.25) is 0 Å². The summed E-state index contributed by atoms with van der Waals surface area (Å²) in [6.07, 6.45) is 4.19. The van der Waals surface area contributed by atoms with Crippen LogP contribution >= 0.6 is 0 Å². The third kappa shape index (κ3) is 4.30. The van der Waals surface area contributed by atoms with Crippen molar-refractivity contribution >= 4 is 26.7 Å². The number of aromatic nitrogens is 1. The highest BCUT2D eigenvalue weighted by Crippen LogP contribution is 2.31. The molecule has 1 unspecified atom stereocenters. The van der Waals surface area contributed by atoms with E-state index in [1.807, 2.05) is 54.5 Å². The Morgan fingerprint density at radius 3 is 2.42 bits per heavy atom. The first-order chi connectivity index (χ1) is 15.9. The quantitative estimate of drug-likeness (QED) is 0.580. The van der Waals surface area contributed by atoms with Crippen LogP contribution in [-0.2, 0) is 21.9 Å². The first-order valence-corrected chi connectivity index (χ1v) is 13.0. The van der Waals surface area contributed by atoms with Gasteiger partial charge in [0.25, 0.3) is 0 Å². The van der Waals surface area contributed by atoms with Crippen molar-refractivity contribution in [1.29, 1.82) is 0 Å². The maximum Gasteiger partial charge on any atom is 0.243 e. The van der Waals surface area contributed by atoms with Gasteiger partial charge in [0.05, 0.1) is 17.5 Å². The lowest BCUT2D eigenvalue weighted by atomic mass is 10.1. The molecular formula is C25H30N4O3S. The lowest BCUT2D eigenvalue weighted by molar-refractivity contribution is -0.133. The standard InChI is InChI=1S/C25H30N4O3S/c1-26-12-4-8-23(26)24-9-5-13-28(24)19-25(30)27-14-16-29(17-15-27)33(31,32)22-11-10-20-6-2-3-7-21(20)18-22/h2-4,6-8,10-12,18,24H,5,9,13-17,19H2,1H3. The van der Waals surface area contributed by atoms with Gasteiger partial charge in [0.2, 0.25) is 15.9 Å². The molecule has 0 bridgehead atoms. The topological polar surface area (TPSA) is 65.9 Å². The Balaban J connectivity index is 1.22. The van der Waals surface area contributed by atoms with E-state index in [1.165, 1.54) is 10.00 Å². The molecule has 2 aliphatic rings. The normalized spacial score (nSPS) is 20.5. The summed E-state index contributed by atoms with van der Waals surface area (Å²) in [5.74, 6) is 0.0823. The number of sulfonamides is 1. The monoisotopic (exact) mass is 466 g/mol. The van der Waals surface area contributed by atoms with E-state index in [-0.39, 0.29) is 11.9 Å². The van der Waals surface area contributed by atoms with Crippen LogP contribution in [0.5, 0.6) is 0 Å². The third-order valence-corrected chi connectivity index (χ3v) is 8.87. The second-order valence-corrected chi connectivity index (χ2v) is 10.9. The molecule has 0 saturated carbocycles. The lowest BCUT2D eigenvalue weighted by Crippen LogP contribution is -2.52. The number of amides is 1. The summed E-state index contributed by atoms with van der Waals surface area (Å²) in [7, 11) is -1.54. The highest BCUT2D eigenvalue weighted by molar-refractivity contribution is 7.89. The number of hydrogen-bond donors (Lipinski definition) is 0. The molecule has 33 heavy (non-hydrogen) atoms. The molecule has 3 aromatic rings. The maximum absolute atomic E-state index is 13.2. The number of piperazine rings is 1. The van der Waals surface area contributed by atoms with Crippen molar-refractivity contribution in [2.45, 2.75) is 23.8 Å². The molecule has 1 aromatic heterocycles. The molecular weight excluding hydrogens is 436 g/mol. The lowest BCUT2D eigenvalue weighted by Gasteiger charge is -2.35.